The molecule has 5 nitrogen and oxygen atoms in total. The first kappa shape index (κ1) is 11.1. The number of hydrogen-bond acceptors (Lipinski definition) is 3. The Balaban J connectivity index is 1.91. The van der Waals surface area contributed by atoms with Crippen LogP contribution in [0, 0.1) is 0 Å². The zero-order chi connectivity index (χ0) is 11.6. The lowest BCUT2D eigenvalue weighted by Crippen LogP contribution is -2.41. The van der Waals surface area contributed by atoms with Crippen molar-refractivity contribution in [1.82, 2.24) is 14.9 Å². The van der Waals surface area contributed by atoms with Crippen LogP contribution in [0.25, 0.3) is 0 Å². The van der Waals surface area contributed by atoms with Crippen molar-refractivity contribution in [2.45, 2.75) is 31.3 Å². The zero-order valence-corrected chi connectivity index (χ0v) is 9.44. The van der Waals surface area contributed by atoms with Gasteiger partial charge in [-0.15, -0.1) is 0 Å². The molecule has 0 aliphatic heterocycles. The average molecular weight is 223 g/mol. The maximum atomic E-state index is 11.7. The van der Waals surface area contributed by atoms with Gasteiger partial charge in [0, 0.05) is 13.6 Å². The quantitative estimate of drug-likeness (QED) is 0.782. The molecule has 1 aliphatic carbocycles. The van der Waals surface area contributed by atoms with E-state index in [1.807, 2.05) is 0 Å². The number of nitrogens with one attached hydrogen (secondary N) is 1. The Morgan fingerprint density at radius 2 is 2.31 bits per heavy atom. The summed E-state index contributed by atoms with van der Waals surface area (Å²) >= 11 is 0. The topological polar surface area (TPSA) is 67.2 Å². The number of aryl methyl sites for hydroxylation is 1. The molecular weight excluding hydrogens is 206 g/mol. The van der Waals surface area contributed by atoms with Gasteiger partial charge in [0.1, 0.15) is 5.69 Å². The highest BCUT2D eigenvalue weighted by Gasteiger charge is 2.31. The summed E-state index contributed by atoms with van der Waals surface area (Å²) in [7, 11) is 1.77. The lowest BCUT2D eigenvalue weighted by Gasteiger charge is -2.22. The van der Waals surface area contributed by atoms with Gasteiger partial charge in [-0.1, -0.05) is 12.8 Å². The fourth-order valence-corrected chi connectivity index (χ4v) is 2.12. The molecule has 0 saturated heterocycles. The smallest absolute Gasteiger partial charge is 0.269 e. The normalized spacial score (nSPS) is 18.6. The fourth-order valence-electron chi connectivity index (χ4n) is 2.12. The second-order valence-corrected chi connectivity index (χ2v) is 4.50. The van der Waals surface area contributed by atoms with E-state index in [4.69, 9.17) is 0 Å². The minimum absolute atomic E-state index is 0.180. The molecule has 1 aromatic heterocycles. The third-order valence-electron chi connectivity index (χ3n) is 3.16. The number of carbonyl (C=O) groups is 1. The van der Waals surface area contributed by atoms with Crippen molar-refractivity contribution >= 4 is 5.91 Å². The highest BCUT2D eigenvalue weighted by molar-refractivity contribution is 5.92. The summed E-state index contributed by atoms with van der Waals surface area (Å²) in [4.78, 5) is 15.6. The van der Waals surface area contributed by atoms with Gasteiger partial charge >= 0.3 is 0 Å². The summed E-state index contributed by atoms with van der Waals surface area (Å²) in [5.74, 6) is -0.180. The number of carbonyl (C=O) groups excluding carboxylic acids is 1. The van der Waals surface area contributed by atoms with E-state index in [0.29, 0.717) is 12.2 Å². The van der Waals surface area contributed by atoms with Crippen molar-refractivity contribution < 1.29 is 9.90 Å². The van der Waals surface area contributed by atoms with E-state index in [-0.39, 0.29) is 5.91 Å². The zero-order valence-electron chi connectivity index (χ0n) is 9.44. The van der Waals surface area contributed by atoms with Gasteiger partial charge in [0.2, 0.25) is 0 Å². The largest absolute Gasteiger partial charge is 0.388 e. The molecule has 88 valence electrons. The summed E-state index contributed by atoms with van der Waals surface area (Å²) < 4.78 is 1.66. The molecule has 1 aromatic rings. The molecule has 1 saturated carbocycles. The van der Waals surface area contributed by atoms with E-state index in [9.17, 15) is 9.90 Å². The van der Waals surface area contributed by atoms with Crippen LogP contribution in [0.15, 0.2) is 12.5 Å². The maximum Gasteiger partial charge on any atom is 0.269 e. The number of aromatic nitrogens is 2. The molecule has 0 atom stereocenters. The monoisotopic (exact) mass is 223 g/mol. The second kappa shape index (κ2) is 4.25. The number of amides is 1. The summed E-state index contributed by atoms with van der Waals surface area (Å²) in [6, 6.07) is 0. The van der Waals surface area contributed by atoms with Crippen LogP contribution >= 0.6 is 0 Å². The highest BCUT2D eigenvalue weighted by atomic mass is 16.3. The number of rotatable bonds is 3. The predicted molar refractivity (Wildman–Crippen MR) is 59.0 cm³/mol. The number of aliphatic hydroxyl groups is 1. The molecule has 0 radical (unpaired) electrons. The van der Waals surface area contributed by atoms with Crippen LogP contribution in [0.4, 0.5) is 0 Å². The van der Waals surface area contributed by atoms with E-state index in [1.54, 1.807) is 17.9 Å². The van der Waals surface area contributed by atoms with Crippen LogP contribution in [-0.4, -0.2) is 32.7 Å². The van der Waals surface area contributed by atoms with Gasteiger partial charge in [0.05, 0.1) is 18.1 Å². The van der Waals surface area contributed by atoms with Gasteiger partial charge < -0.3 is 15.0 Å². The third kappa shape index (κ3) is 2.24. The summed E-state index contributed by atoms with van der Waals surface area (Å²) in [6.45, 7) is 0.330. The molecule has 1 heterocycles. The van der Waals surface area contributed by atoms with Crippen LogP contribution in [0.1, 0.15) is 36.2 Å². The number of imidazole rings is 1. The first-order valence-electron chi connectivity index (χ1n) is 5.58. The van der Waals surface area contributed by atoms with Crippen molar-refractivity contribution in [2.75, 3.05) is 6.54 Å². The number of hydrogen-bond donors (Lipinski definition) is 2. The van der Waals surface area contributed by atoms with Crippen molar-refractivity contribution in [3.63, 3.8) is 0 Å². The Bertz CT molecular complexity index is 380. The van der Waals surface area contributed by atoms with Crippen molar-refractivity contribution in [3.8, 4) is 0 Å². The molecule has 2 N–H and O–H groups in total. The average Bonchev–Trinajstić information content (AvgIpc) is 2.85. The first-order valence-corrected chi connectivity index (χ1v) is 5.58. The lowest BCUT2D eigenvalue weighted by atomic mass is 10.0. The molecule has 0 spiro atoms. The van der Waals surface area contributed by atoms with Gasteiger partial charge in [-0.2, -0.15) is 0 Å². The van der Waals surface area contributed by atoms with E-state index in [0.717, 1.165) is 25.7 Å². The molecular formula is C11H17N3O2. The Labute approximate surface area is 94.5 Å². The Morgan fingerprint density at radius 1 is 1.62 bits per heavy atom. The van der Waals surface area contributed by atoms with Gasteiger partial charge in [0.25, 0.3) is 5.91 Å². The van der Waals surface area contributed by atoms with E-state index in [1.165, 1.54) is 6.20 Å². The van der Waals surface area contributed by atoms with Gasteiger partial charge in [-0.3, -0.25) is 4.79 Å². The van der Waals surface area contributed by atoms with E-state index >= 15 is 0 Å². The SMILES string of the molecule is Cn1cncc1C(=O)NCC1(O)CCCC1. The van der Waals surface area contributed by atoms with E-state index in [2.05, 4.69) is 10.3 Å². The van der Waals surface area contributed by atoms with Crippen LogP contribution in [0.3, 0.4) is 0 Å². The second-order valence-electron chi connectivity index (χ2n) is 4.50. The van der Waals surface area contributed by atoms with Gasteiger partial charge in [-0.05, 0) is 12.8 Å². The molecule has 0 aromatic carbocycles. The van der Waals surface area contributed by atoms with Crippen LogP contribution in [0.2, 0.25) is 0 Å². The van der Waals surface area contributed by atoms with Crippen molar-refractivity contribution in [2.24, 2.45) is 7.05 Å². The van der Waals surface area contributed by atoms with Crippen LogP contribution in [0.5, 0.6) is 0 Å². The molecule has 2 rings (SSSR count). The van der Waals surface area contributed by atoms with E-state index < -0.39 is 5.60 Å². The minimum atomic E-state index is -0.700. The Kier molecular flexibility index (Phi) is 2.96. The number of nitrogens with zero attached hydrogens (tertiary/aromatic N) is 2. The van der Waals surface area contributed by atoms with Crippen molar-refractivity contribution in [3.05, 3.63) is 18.2 Å². The first-order chi connectivity index (χ1) is 7.61. The van der Waals surface area contributed by atoms with Crippen LogP contribution < -0.4 is 5.32 Å². The minimum Gasteiger partial charge on any atom is -0.388 e. The summed E-state index contributed by atoms with van der Waals surface area (Å²) in [5.41, 5.74) is -0.185. The lowest BCUT2D eigenvalue weighted by molar-refractivity contribution is 0.0448. The highest BCUT2D eigenvalue weighted by Crippen LogP contribution is 2.28. The molecule has 16 heavy (non-hydrogen) atoms. The Morgan fingerprint density at radius 3 is 2.88 bits per heavy atom. The van der Waals surface area contributed by atoms with Crippen LogP contribution in [-0.2, 0) is 7.05 Å². The summed E-state index contributed by atoms with van der Waals surface area (Å²) in [6.07, 6.45) is 6.74. The Hall–Kier alpha value is -1.36. The molecule has 1 amide bonds. The molecule has 0 bridgehead atoms. The van der Waals surface area contributed by atoms with Crippen molar-refractivity contribution in [1.29, 1.82) is 0 Å². The summed E-state index contributed by atoms with van der Waals surface area (Å²) in [5, 5.41) is 12.8. The predicted octanol–water partition coefficient (Wildman–Crippen LogP) is 0.455. The molecule has 5 heteroatoms. The van der Waals surface area contributed by atoms with Gasteiger partial charge in [-0.25, -0.2) is 4.98 Å². The standard InChI is InChI=1S/C11H17N3O2/c1-14-8-12-6-9(14)10(15)13-7-11(16)4-2-3-5-11/h6,8,16H,2-5,7H2,1H3,(H,13,15). The molecule has 0 unspecified atom stereocenters. The molecule has 1 fully saturated rings. The van der Waals surface area contributed by atoms with Gasteiger partial charge in [0.15, 0.2) is 0 Å². The molecule has 1 aliphatic rings. The third-order valence-corrected chi connectivity index (χ3v) is 3.16. The maximum absolute atomic E-state index is 11.7. The fraction of sp³-hybridized carbons (Fsp3) is 0.636.